The molecule has 2 aliphatic rings. The molecular formula is C16H18ClN3O2S. The van der Waals surface area contributed by atoms with E-state index < -0.39 is 0 Å². The van der Waals surface area contributed by atoms with Crippen LogP contribution in [0.2, 0.25) is 5.02 Å². The zero-order chi connectivity index (χ0) is 16.4. The minimum atomic E-state index is -0.308. The summed E-state index contributed by atoms with van der Waals surface area (Å²) in [5, 5.41) is 7.37. The topological polar surface area (TPSA) is 53.6 Å². The highest BCUT2D eigenvalue weighted by molar-refractivity contribution is 7.80. The van der Waals surface area contributed by atoms with E-state index in [2.05, 4.69) is 10.6 Å². The molecule has 2 heterocycles. The molecule has 0 aromatic heterocycles. The molecule has 3 rings (SSSR count). The minimum absolute atomic E-state index is 0.00160. The van der Waals surface area contributed by atoms with Crippen molar-refractivity contribution in [3.05, 3.63) is 46.1 Å². The van der Waals surface area contributed by atoms with Gasteiger partial charge >= 0.3 is 0 Å². The molecule has 2 N–H and O–H groups in total. The van der Waals surface area contributed by atoms with Gasteiger partial charge in [0.25, 0.3) is 5.91 Å². The Balaban J connectivity index is 1.97. The second-order valence-electron chi connectivity index (χ2n) is 5.53. The second-order valence-corrected chi connectivity index (χ2v) is 6.37. The van der Waals surface area contributed by atoms with Crippen LogP contribution in [0.3, 0.4) is 0 Å². The highest BCUT2D eigenvalue weighted by Gasteiger charge is 2.33. The Kier molecular flexibility index (Phi) is 4.84. The molecule has 1 atom stereocenters. The number of carbonyl (C=O) groups excluding carboxylic acids is 1. The number of carbonyl (C=O) groups is 1. The van der Waals surface area contributed by atoms with E-state index in [0.29, 0.717) is 42.0 Å². The fraction of sp³-hybridized carbons (Fsp3) is 0.375. The lowest BCUT2D eigenvalue weighted by Crippen LogP contribution is -2.49. The van der Waals surface area contributed by atoms with E-state index >= 15 is 0 Å². The van der Waals surface area contributed by atoms with Crippen LogP contribution in [0.25, 0.3) is 0 Å². The van der Waals surface area contributed by atoms with E-state index in [-0.39, 0.29) is 11.9 Å². The lowest BCUT2D eigenvalue weighted by Gasteiger charge is -2.34. The van der Waals surface area contributed by atoms with E-state index in [4.69, 9.17) is 28.6 Å². The molecule has 0 bridgehead atoms. The lowest BCUT2D eigenvalue weighted by atomic mass is 9.94. The van der Waals surface area contributed by atoms with Crippen LogP contribution in [0, 0.1) is 0 Å². The number of hydrogen-bond donors (Lipinski definition) is 2. The number of rotatable bonds is 2. The Hall–Kier alpha value is -1.63. The van der Waals surface area contributed by atoms with Gasteiger partial charge < -0.3 is 20.3 Å². The molecule has 0 radical (unpaired) electrons. The van der Waals surface area contributed by atoms with Gasteiger partial charge in [-0.25, -0.2) is 0 Å². The fourth-order valence-electron chi connectivity index (χ4n) is 2.85. The molecule has 5 nitrogen and oxygen atoms in total. The van der Waals surface area contributed by atoms with Crippen molar-refractivity contribution in [2.24, 2.45) is 0 Å². The van der Waals surface area contributed by atoms with Crippen molar-refractivity contribution >= 4 is 34.8 Å². The lowest BCUT2D eigenvalue weighted by molar-refractivity contribution is -0.131. The summed E-state index contributed by atoms with van der Waals surface area (Å²) in [6, 6.07) is 7.17. The average Bonchev–Trinajstić information content (AvgIpc) is 2.54. The number of allylic oxidation sites excluding steroid dienone is 1. The predicted octanol–water partition coefficient (Wildman–Crippen LogP) is 1.99. The standard InChI is InChI=1S/C16H18ClN3O2S/c1-10-13(15(21)20-5-7-22-8-6-20)14(19-16(23)18-10)11-3-2-4-12(17)9-11/h2-4,9,14H,5-8H2,1H3,(H2,18,19,23). The molecule has 1 aromatic rings. The summed E-state index contributed by atoms with van der Waals surface area (Å²) in [6.07, 6.45) is 0. The molecule has 1 fully saturated rings. The highest BCUT2D eigenvalue weighted by atomic mass is 35.5. The first-order chi connectivity index (χ1) is 11.1. The van der Waals surface area contributed by atoms with E-state index in [1.54, 1.807) is 0 Å². The van der Waals surface area contributed by atoms with Gasteiger partial charge in [-0.2, -0.15) is 0 Å². The molecule has 23 heavy (non-hydrogen) atoms. The van der Waals surface area contributed by atoms with Gasteiger partial charge in [-0.1, -0.05) is 23.7 Å². The zero-order valence-electron chi connectivity index (χ0n) is 12.8. The molecule has 1 unspecified atom stereocenters. The third kappa shape index (κ3) is 3.49. The van der Waals surface area contributed by atoms with Crippen molar-refractivity contribution in [2.45, 2.75) is 13.0 Å². The monoisotopic (exact) mass is 351 g/mol. The molecule has 0 aliphatic carbocycles. The van der Waals surface area contributed by atoms with Crippen molar-refractivity contribution < 1.29 is 9.53 Å². The number of hydrogen-bond acceptors (Lipinski definition) is 3. The van der Waals surface area contributed by atoms with Crippen molar-refractivity contribution in [1.82, 2.24) is 15.5 Å². The fourth-order valence-corrected chi connectivity index (χ4v) is 3.32. The maximum absolute atomic E-state index is 13.0. The Morgan fingerprint density at radius 3 is 2.83 bits per heavy atom. The smallest absolute Gasteiger partial charge is 0.254 e. The summed E-state index contributed by atoms with van der Waals surface area (Å²) in [5.74, 6) is -0.00160. The second kappa shape index (κ2) is 6.86. The number of benzene rings is 1. The first kappa shape index (κ1) is 16.2. The molecule has 0 saturated carbocycles. The summed E-state index contributed by atoms with van der Waals surface area (Å²) in [5.41, 5.74) is 2.36. The van der Waals surface area contributed by atoms with Gasteiger partial charge in [-0.05, 0) is 36.8 Å². The molecule has 1 saturated heterocycles. The molecule has 1 aromatic carbocycles. The van der Waals surface area contributed by atoms with Crippen LogP contribution in [0.4, 0.5) is 0 Å². The third-order valence-electron chi connectivity index (χ3n) is 3.98. The number of nitrogens with one attached hydrogen (secondary N) is 2. The van der Waals surface area contributed by atoms with Crippen LogP contribution in [-0.2, 0) is 9.53 Å². The summed E-state index contributed by atoms with van der Waals surface area (Å²) < 4.78 is 5.33. The third-order valence-corrected chi connectivity index (χ3v) is 4.43. The van der Waals surface area contributed by atoms with Crippen LogP contribution < -0.4 is 10.6 Å². The number of nitrogens with zero attached hydrogens (tertiary/aromatic N) is 1. The SMILES string of the molecule is CC1=C(C(=O)N2CCOCC2)C(c2cccc(Cl)c2)NC(=S)N1. The van der Waals surface area contributed by atoms with Crippen LogP contribution in [0.1, 0.15) is 18.5 Å². The summed E-state index contributed by atoms with van der Waals surface area (Å²) in [6.45, 7) is 4.21. The molecule has 0 spiro atoms. The Labute approximate surface area is 145 Å². The molecule has 1 amide bonds. The van der Waals surface area contributed by atoms with Crippen molar-refractivity contribution in [1.29, 1.82) is 0 Å². The average molecular weight is 352 g/mol. The summed E-state index contributed by atoms with van der Waals surface area (Å²) in [7, 11) is 0. The van der Waals surface area contributed by atoms with Gasteiger partial charge in [0.05, 0.1) is 24.8 Å². The predicted molar refractivity (Wildman–Crippen MR) is 93.2 cm³/mol. The van der Waals surface area contributed by atoms with Crippen LogP contribution >= 0.6 is 23.8 Å². The van der Waals surface area contributed by atoms with Gasteiger partial charge in [0, 0.05) is 23.8 Å². The van der Waals surface area contributed by atoms with Gasteiger partial charge in [0.2, 0.25) is 0 Å². The first-order valence-electron chi connectivity index (χ1n) is 7.47. The van der Waals surface area contributed by atoms with E-state index in [0.717, 1.165) is 11.3 Å². The van der Waals surface area contributed by atoms with Crippen molar-refractivity contribution in [3.8, 4) is 0 Å². The Morgan fingerprint density at radius 2 is 2.13 bits per heavy atom. The number of ether oxygens (including phenoxy) is 1. The summed E-state index contributed by atoms with van der Waals surface area (Å²) >= 11 is 11.4. The summed E-state index contributed by atoms with van der Waals surface area (Å²) in [4.78, 5) is 14.8. The highest BCUT2D eigenvalue weighted by Crippen LogP contribution is 2.29. The maximum atomic E-state index is 13.0. The van der Waals surface area contributed by atoms with E-state index in [1.165, 1.54) is 0 Å². The molecule has 7 heteroatoms. The normalized spacial score (nSPS) is 21.7. The number of thiocarbonyl (C=S) groups is 1. The van der Waals surface area contributed by atoms with Crippen molar-refractivity contribution in [2.75, 3.05) is 26.3 Å². The number of amides is 1. The van der Waals surface area contributed by atoms with Crippen LogP contribution in [0.5, 0.6) is 0 Å². The quantitative estimate of drug-likeness (QED) is 0.798. The zero-order valence-corrected chi connectivity index (χ0v) is 14.3. The van der Waals surface area contributed by atoms with E-state index in [1.807, 2.05) is 36.1 Å². The Morgan fingerprint density at radius 1 is 1.39 bits per heavy atom. The molecule has 122 valence electrons. The van der Waals surface area contributed by atoms with Gasteiger partial charge in [0.15, 0.2) is 5.11 Å². The Bertz CT molecular complexity index is 671. The first-order valence-corrected chi connectivity index (χ1v) is 8.25. The number of morpholine rings is 1. The largest absolute Gasteiger partial charge is 0.378 e. The van der Waals surface area contributed by atoms with Gasteiger partial charge in [0.1, 0.15) is 0 Å². The van der Waals surface area contributed by atoms with Gasteiger partial charge in [-0.15, -0.1) is 0 Å². The molecular weight excluding hydrogens is 334 g/mol. The number of halogens is 1. The minimum Gasteiger partial charge on any atom is -0.378 e. The van der Waals surface area contributed by atoms with Crippen molar-refractivity contribution in [3.63, 3.8) is 0 Å². The van der Waals surface area contributed by atoms with Crippen LogP contribution in [-0.4, -0.2) is 42.2 Å². The van der Waals surface area contributed by atoms with Crippen LogP contribution in [0.15, 0.2) is 35.5 Å². The molecule has 2 aliphatic heterocycles. The maximum Gasteiger partial charge on any atom is 0.254 e. The van der Waals surface area contributed by atoms with E-state index in [9.17, 15) is 4.79 Å². The van der Waals surface area contributed by atoms with Gasteiger partial charge in [-0.3, -0.25) is 4.79 Å².